The van der Waals surface area contributed by atoms with Gasteiger partial charge in [0.15, 0.2) is 0 Å². The average molecular weight is 520 g/mol. The lowest BCUT2D eigenvalue weighted by Crippen LogP contribution is -2.55. The van der Waals surface area contributed by atoms with Crippen molar-refractivity contribution in [3.05, 3.63) is 0 Å². The van der Waals surface area contributed by atoms with E-state index in [4.69, 9.17) is 0 Å². The number of halogens is 10. The largest absolute Gasteiger partial charge is 0.463 e. The second kappa shape index (κ2) is 11.4. The molecule has 1 aliphatic heterocycles. The molecule has 1 saturated heterocycles. The molecule has 1 heterocycles. The maximum atomic E-state index is 13.6. The molecule has 0 radical (unpaired) electrons. The van der Waals surface area contributed by atoms with Crippen LogP contribution in [-0.4, -0.2) is 109 Å². The molecule has 17 heteroatoms. The minimum absolute atomic E-state index is 0.0248. The molecule has 1 N–H and O–H groups in total. The van der Waals surface area contributed by atoms with Crippen LogP contribution in [0.15, 0.2) is 0 Å². The summed E-state index contributed by atoms with van der Waals surface area (Å²) in [6, 6.07) is 0. The smallest absolute Gasteiger partial charge is 0.343 e. The fourth-order valence-electron chi connectivity index (χ4n) is 2.93. The molecule has 7 nitrogen and oxygen atoms in total. The minimum Gasteiger partial charge on any atom is -0.343 e. The fraction of sp³-hybridized carbons (Fsp3) is 0.824. The van der Waals surface area contributed by atoms with Crippen LogP contribution in [0.4, 0.5) is 43.9 Å². The van der Waals surface area contributed by atoms with Crippen molar-refractivity contribution in [2.75, 3.05) is 52.4 Å². The van der Waals surface area contributed by atoms with Crippen LogP contribution < -0.4 is 5.32 Å². The first-order chi connectivity index (χ1) is 15.5. The van der Waals surface area contributed by atoms with E-state index in [9.17, 15) is 58.3 Å². The standard InChI is InChI=1S/C17H22F10N4O3/c18-14(19,16(22,23)24)12(33)30-6-2-7-31(13(34)15(20,21)17(25,26)27)10-9-29(11-32)5-1-3-28-4-8-30/h11,28H,1-10H2. The molecule has 0 unspecified atom stereocenters. The van der Waals surface area contributed by atoms with Gasteiger partial charge in [0.05, 0.1) is 0 Å². The van der Waals surface area contributed by atoms with E-state index < -0.39 is 75.2 Å². The Balaban J connectivity index is 3.13. The maximum absolute atomic E-state index is 13.6. The lowest BCUT2D eigenvalue weighted by Gasteiger charge is -2.32. The first-order valence-electron chi connectivity index (χ1n) is 9.84. The van der Waals surface area contributed by atoms with Crippen molar-refractivity contribution in [3.8, 4) is 0 Å². The van der Waals surface area contributed by atoms with Gasteiger partial charge in [-0.2, -0.15) is 43.9 Å². The summed E-state index contributed by atoms with van der Waals surface area (Å²) < 4.78 is 130. The van der Waals surface area contributed by atoms with Crippen LogP contribution in [0.5, 0.6) is 0 Å². The normalized spacial score (nSPS) is 18.9. The monoisotopic (exact) mass is 520 g/mol. The van der Waals surface area contributed by atoms with Gasteiger partial charge >= 0.3 is 36.0 Å². The van der Waals surface area contributed by atoms with E-state index in [1.54, 1.807) is 0 Å². The Morgan fingerprint density at radius 3 is 1.53 bits per heavy atom. The Hall–Kier alpha value is -2.33. The number of carbonyl (C=O) groups is 3. The fourth-order valence-corrected chi connectivity index (χ4v) is 2.93. The maximum Gasteiger partial charge on any atom is 0.463 e. The third-order valence-electron chi connectivity index (χ3n) is 4.84. The van der Waals surface area contributed by atoms with E-state index >= 15 is 0 Å². The number of hydrogen-bond donors (Lipinski definition) is 1. The molecular formula is C17H22F10N4O3. The van der Waals surface area contributed by atoms with E-state index in [1.807, 2.05) is 0 Å². The molecule has 34 heavy (non-hydrogen) atoms. The lowest BCUT2D eigenvalue weighted by molar-refractivity contribution is -0.274. The molecule has 3 amide bonds. The Bertz CT molecular complexity index is 715. The van der Waals surface area contributed by atoms with Crippen molar-refractivity contribution < 1.29 is 58.3 Å². The van der Waals surface area contributed by atoms with Crippen LogP contribution in [0.1, 0.15) is 12.8 Å². The van der Waals surface area contributed by atoms with E-state index in [-0.39, 0.29) is 42.3 Å². The summed E-state index contributed by atoms with van der Waals surface area (Å²) in [5, 5.41) is 2.67. The number of carbonyl (C=O) groups excluding carboxylic acids is 3. The zero-order valence-electron chi connectivity index (χ0n) is 17.5. The van der Waals surface area contributed by atoms with Crippen LogP contribution in [0, 0.1) is 0 Å². The Morgan fingerprint density at radius 2 is 1.09 bits per heavy atom. The highest BCUT2D eigenvalue weighted by atomic mass is 19.4. The topological polar surface area (TPSA) is 73.0 Å². The Labute approximate surface area is 187 Å². The van der Waals surface area contributed by atoms with Crippen molar-refractivity contribution >= 4 is 18.2 Å². The molecule has 0 aromatic heterocycles. The van der Waals surface area contributed by atoms with Crippen LogP contribution in [0.2, 0.25) is 0 Å². The molecule has 0 atom stereocenters. The van der Waals surface area contributed by atoms with Crippen molar-refractivity contribution in [1.82, 2.24) is 20.0 Å². The highest BCUT2D eigenvalue weighted by molar-refractivity contribution is 5.85. The molecule has 1 fully saturated rings. The van der Waals surface area contributed by atoms with Gasteiger partial charge in [-0.05, 0) is 19.4 Å². The number of rotatable bonds is 3. The van der Waals surface area contributed by atoms with Crippen molar-refractivity contribution in [3.63, 3.8) is 0 Å². The predicted molar refractivity (Wildman–Crippen MR) is 94.9 cm³/mol. The van der Waals surface area contributed by atoms with Gasteiger partial charge in [0, 0.05) is 45.8 Å². The Morgan fingerprint density at radius 1 is 0.618 bits per heavy atom. The van der Waals surface area contributed by atoms with Gasteiger partial charge in [0.2, 0.25) is 6.41 Å². The number of hydrogen-bond acceptors (Lipinski definition) is 4. The third-order valence-corrected chi connectivity index (χ3v) is 4.84. The third kappa shape index (κ3) is 7.33. The van der Waals surface area contributed by atoms with Gasteiger partial charge in [-0.25, -0.2) is 0 Å². The molecule has 0 aromatic carbocycles. The summed E-state index contributed by atoms with van der Waals surface area (Å²) in [6.45, 7) is -3.93. The SMILES string of the molecule is O=CN1CCCNCCN(C(=O)C(F)(F)C(F)(F)F)CCCN(C(=O)C(F)(F)C(F)(F)F)CC1. The molecule has 1 rings (SSSR count). The molecule has 0 aromatic rings. The number of amides is 3. The van der Waals surface area contributed by atoms with Crippen LogP contribution in [-0.2, 0) is 14.4 Å². The highest BCUT2D eigenvalue weighted by Crippen LogP contribution is 2.38. The van der Waals surface area contributed by atoms with Crippen LogP contribution in [0.25, 0.3) is 0 Å². The quantitative estimate of drug-likeness (QED) is 0.456. The van der Waals surface area contributed by atoms with E-state index in [0.717, 1.165) is 4.90 Å². The first-order valence-corrected chi connectivity index (χ1v) is 9.84. The minimum atomic E-state index is -6.25. The van der Waals surface area contributed by atoms with Crippen LogP contribution >= 0.6 is 0 Å². The zero-order valence-corrected chi connectivity index (χ0v) is 17.5. The Kier molecular flexibility index (Phi) is 9.96. The van der Waals surface area contributed by atoms with Crippen molar-refractivity contribution in [1.29, 1.82) is 0 Å². The number of alkyl halides is 10. The summed E-state index contributed by atoms with van der Waals surface area (Å²) in [5.41, 5.74) is 0. The number of nitrogens with one attached hydrogen (secondary N) is 1. The van der Waals surface area contributed by atoms with E-state index in [2.05, 4.69) is 5.32 Å². The van der Waals surface area contributed by atoms with E-state index in [1.165, 1.54) is 0 Å². The number of nitrogens with zero attached hydrogens (tertiary/aromatic N) is 3. The van der Waals surface area contributed by atoms with Crippen molar-refractivity contribution in [2.24, 2.45) is 0 Å². The summed E-state index contributed by atoms with van der Waals surface area (Å²) in [7, 11) is 0. The van der Waals surface area contributed by atoms with E-state index in [0.29, 0.717) is 0 Å². The molecule has 0 aliphatic carbocycles. The van der Waals surface area contributed by atoms with Gasteiger partial charge < -0.3 is 20.0 Å². The first kappa shape index (κ1) is 29.7. The zero-order chi connectivity index (χ0) is 26.4. The summed E-state index contributed by atoms with van der Waals surface area (Å²) >= 11 is 0. The van der Waals surface area contributed by atoms with Gasteiger partial charge in [-0.15, -0.1) is 0 Å². The lowest BCUT2D eigenvalue weighted by atomic mass is 10.2. The van der Waals surface area contributed by atoms with Gasteiger partial charge in [-0.1, -0.05) is 0 Å². The molecule has 0 bridgehead atoms. The second-order valence-corrected chi connectivity index (χ2v) is 7.33. The van der Waals surface area contributed by atoms with Gasteiger partial charge in [-0.3, -0.25) is 14.4 Å². The molecule has 0 saturated carbocycles. The summed E-state index contributed by atoms with van der Waals surface area (Å²) in [4.78, 5) is 35.9. The molecular weight excluding hydrogens is 498 g/mol. The average Bonchev–Trinajstić information content (AvgIpc) is 2.72. The second-order valence-electron chi connectivity index (χ2n) is 7.33. The van der Waals surface area contributed by atoms with Gasteiger partial charge in [0.1, 0.15) is 0 Å². The summed E-state index contributed by atoms with van der Waals surface area (Å²) in [5.74, 6) is -16.9. The molecule has 198 valence electrons. The van der Waals surface area contributed by atoms with Gasteiger partial charge in [0.25, 0.3) is 0 Å². The molecule has 1 aliphatic rings. The predicted octanol–water partition coefficient (Wildman–Crippen LogP) is 1.88. The highest BCUT2D eigenvalue weighted by Gasteiger charge is 2.65. The molecule has 0 spiro atoms. The van der Waals surface area contributed by atoms with Crippen molar-refractivity contribution in [2.45, 2.75) is 37.0 Å². The summed E-state index contributed by atoms with van der Waals surface area (Å²) in [6.07, 6.45) is -12.7. The van der Waals surface area contributed by atoms with Crippen LogP contribution in [0.3, 0.4) is 0 Å².